The van der Waals surface area contributed by atoms with Gasteiger partial charge >= 0.3 is 5.97 Å². The fourth-order valence-corrected chi connectivity index (χ4v) is 2.89. The molecule has 0 aliphatic heterocycles. The summed E-state index contributed by atoms with van der Waals surface area (Å²) in [5.41, 5.74) is 0.606. The maximum atomic E-state index is 11.1. The van der Waals surface area contributed by atoms with Gasteiger partial charge in [-0.15, -0.1) is 11.8 Å². The SMILES string of the molecule is COC(=O)CC(C)Sc1ccc(C#N)c(Br)c1. The van der Waals surface area contributed by atoms with Crippen LogP contribution < -0.4 is 0 Å². The van der Waals surface area contributed by atoms with Gasteiger partial charge in [0.2, 0.25) is 0 Å². The molecule has 0 heterocycles. The highest BCUT2D eigenvalue weighted by atomic mass is 79.9. The predicted octanol–water partition coefficient (Wildman–Crippen LogP) is 3.36. The highest BCUT2D eigenvalue weighted by Crippen LogP contribution is 2.29. The summed E-state index contributed by atoms with van der Waals surface area (Å²) in [6.45, 7) is 1.97. The van der Waals surface area contributed by atoms with Crippen LogP contribution in [0.4, 0.5) is 0 Å². The molecule has 5 heteroatoms. The molecule has 1 rings (SSSR count). The van der Waals surface area contributed by atoms with E-state index in [9.17, 15) is 4.79 Å². The van der Waals surface area contributed by atoms with Crippen molar-refractivity contribution in [1.29, 1.82) is 5.26 Å². The van der Waals surface area contributed by atoms with Crippen LogP contribution in [0, 0.1) is 11.3 Å². The first-order valence-corrected chi connectivity index (χ1v) is 6.67. The molecule has 0 fully saturated rings. The summed E-state index contributed by atoms with van der Waals surface area (Å²) in [7, 11) is 1.39. The number of benzene rings is 1. The van der Waals surface area contributed by atoms with Crippen LogP contribution in [0.5, 0.6) is 0 Å². The molecule has 17 heavy (non-hydrogen) atoms. The van der Waals surface area contributed by atoms with Gasteiger partial charge in [-0.1, -0.05) is 6.92 Å². The van der Waals surface area contributed by atoms with Crippen LogP contribution in [0.25, 0.3) is 0 Å². The molecular weight excluding hydrogens is 302 g/mol. The molecule has 0 aliphatic rings. The van der Waals surface area contributed by atoms with E-state index in [2.05, 4.69) is 26.7 Å². The molecule has 0 saturated heterocycles. The fraction of sp³-hybridized carbons (Fsp3) is 0.333. The first kappa shape index (κ1) is 14.1. The average Bonchev–Trinajstić information content (AvgIpc) is 2.29. The number of esters is 1. The van der Waals surface area contributed by atoms with Crippen LogP contribution in [-0.4, -0.2) is 18.3 Å². The first-order valence-electron chi connectivity index (χ1n) is 5.00. The second kappa shape index (κ2) is 6.67. The topological polar surface area (TPSA) is 50.1 Å². The summed E-state index contributed by atoms with van der Waals surface area (Å²) in [5.74, 6) is -0.210. The molecular formula is C12H12BrNO2S. The van der Waals surface area contributed by atoms with E-state index in [1.54, 1.807) is 17.8 Å². The zero-order valence-electron chi connectivity index (χ0n) is 9.57. The molecule has 0 saturated carbocycles. The number of carbonyl (C=O) groups excluding carboxylic acids is 1. The van der Waals surface area contributed by atoms with Crippen LogP contribution in [0.1, 0.15) is 18.9 Å². The third kappa shape index (κ3) is 4.41. The molecule has 0 amide bonds. The lowest BCUT2D eigenvalue weighted by Crippen LogP contribution is -2.08. The summed E-state index contributed by atoms with van der Waals surface area (Å²) in [6.07, 6.45) is 0.374. The molecule has 1 aromatic carbocycles. The molecule has 0 spiro atoms. The van der Waals surface area contributed by atoms with Gasteiger partial charge in [-0.25, -0.2) is 0 Å². The molecule has 1 atom stereocenters. The van der Waals surface area contributed by atoms with Crippen LogP contribution in [0.15, 0.2) is 27.6 Å². The van der Waals surface area contributed by atoms with Gasteiger partial charge in [-0.3, -0.25) is 4.79 Å². The van der Waals surface area contributed by atoms with Gasteiger partial charge in [0.1, 0.15) is 6.07 Å². The number of thioether (sulfide) groups is 1. The average molecular weight is 314 g/mol. The van der Waals surface area contributed by atoms with Crippen molar-refractivity contribution in [1.82, 2.24) is 0 Å². The molecule has 0 N–H and O–H groups in total. The van der Waals surface area contributed by atoms with Crippen LogP contribution >= 0.6 is 27.7 Å². The van der Waals surface area contributed by atoms with Crippen molar-refractivity contribution >= 4 is 33.7 Å². The Morgan fingerprint density at radius 1 is 1.65 bits per heavy atom. The third-order valence-corrected chi connectivity index (χ3v) is 3.83. The summed E-state index contributed by atoms with van der Waals surface area (Å²) >= 11 is 4.91. The van der Waals surface area contributed by atoms with Crippen molar-refractivity contribution in [3.05, 3.63) is 28.2 Å². The number of methoxy groups -OCH3 is 1. The summed E-state index contributed by atoms with van der Waals surface area (Å²) in [5, 5.41) is 8.94. The summed E-state index contributed by atoms with van der Waals surface area (Å²) < 4.78 is 5.39. The number of nitrogens with zero attached hydrogens (tertiary/aromatic N) is 1. The zero-order chi connectivity index (χ0) is 12.8. The minimum Gasteiger partial charge on any atom is -0.469 e. The standard InChI is InChI=1S/C12H12BrNO2S/c1-8(5-12(15)16-2)17-10-4-3-9(7-14)11(13)6-10/h3-4,6,8H,5H2,1-2H3. The molecule has 0 bridgehead atoms. The lowest BCUT2D eigenvalue weighted by molar-refractivity contribution is -0.140. The van der Waals surface area contributed by atoms with E-state index in [0.29, 0.717) is 12.0 Å². The molecule has 1 aromatic rings. The quantitative estimate of drug-likeness (QED) is 0.631. The Labute approximate surface area is 113 Å². The molecule has 1 unspecified atom stereocenters. The highest BCUT2D eigenvalue weighted by Gasteiger charge is 2.11. The molecule has 0 aliphatic carbocycles. The lowest BCUT2D eigenvalue weighted by Gasteiger charge is -2.10. The minimum atomic E-state index is -0.210. The van der Waals surface area contributed by atoms with Gasteiger partial charge in [0.05, 0.1) is 19.1 Å². The van der Waals surface area contributed by atoms with Crippen LogP contribution in [-0.2, 0) is 9.53 Å². The van der Waals surface area contributed by atoms with Gasteiger partial charge in [0.15, 0.2) is 0 Å². The Kier molecular flexibility index (Phi) is 5.52. The Morgan fingerprint density at radius 3 is 2.88 bits per heavy atom. The lowest BCUT2D eigenvalue weighted by atomic mass is 10.2. The van der Waals surface area contributed by atoms with Crippen molar-refractivity contribution in [3.63, 3.8) is 0 Å². The van der Waals surface area contributed by atoms with E-state index >= 15 is 0 Å². The van der Waals surface area contributed by atoms with Crippen molar-refractivity contribution in [3.8, 4) is 6.07 Å². The van der Waals surface area contributed by atoms with Crippen molar-refractivity contribution in [2.24, 2.45) is 0 Å². The smallest absolute Gasteiger partial charge is 0.306 e. The van der Waals surface area contributed by atoms with E-state index in [4.69, 9.17) is 5.26 Å². The number of halogens is 1. The Balaban J connectivity index is 2.66. The van der Waals surface area contributed by atoms with E-state index in [1.165, 1.54) is 7.11 Å². The number of nitriles is 1. The van der Waals surface area contributed by atoms with E-state index in [0.717, 1.165) is 9.37 Å². The van der Waals surface area contributed by atoms with Gasteiger partial charge in [0, 0.05) is 14.6 Å². The molecule has 90 valence electrons. The van der Waals surface area contributed by atoms with Gasteiger partial charge in [-0.05, 0) is 34.1 Å². The number of hydrogen-bond donors (Lipinski definition) is 0. The Morgan fingerprint density at radius 2 is 2.35 bits per heavy atom. The van der Waals surface area contributed by atoms with Gasteiger partial charge in [0.25, 0.3) is 0 Å². The largest absolute Gasteiger partial charge is 0.469 e. The van der Waals surface area contributed by atoms with Gasteiger partial charge in [-0.2, -0.15) is 5.26 Å². The van der Waals surface area contributed by atoms with Crippen LogP contribution in [0.2, 0.25) is 0 Å². The molecule has 3 nitrogen and oxygen atoms in total. The number of hydrogen-bond acceptors (Lipinski definition) is 4. The minimum absolute atomic E-state index is 0.141. The number of carbonyl (C=O) groups is 1. The summed E-state index contributed by atoms with van der Waals surface area (Å²) in [6, 6.07) is 7.61. The monoisotopic (exact) mass is 313 g/mol. The first-order chi connectivity index (χ1) is 8.06. The Hall–Kier alpha value is -0.990. The van der Waals surface area contributed by atoms with Crippen molar-refractivity contribution in [2.45, 2.75) is 23.5 Å². The fourth-order valence-electron chi connectivity index (χ4n) is 1.25. The van der Waals surface area contributed by atoms with Crippen LogP contribution in [0.3, 0.4) is 0 Å². The molecule has 0 aromatic heterocycles. The molecule has 0 radical (unpaired) electrons. The van der Waals surface area contributed by atoms with E-state index in [-0.39, 0.29) is 11.2 Å². The van der Waals surface area contributed by atoms with Crippen molar-refractivity contribution < 1.29 is 9.53 Å². The Bertz CT molecular complexity index is 456. The van der Waals surface area contributed by atoms with Crippen molar-refractivity contribution in [2.75, 3.05) is 7.11 Å². The second-order valence-corrected chi connectivity index (χ2v) is 5.83. The normalized spacial score (nSPS) is 11.6. The summed E-state index contributed by atoms with van der Waals surface area (Å²) in [4.78, 5) is 12.1. The second-order valence-electron chi connectivity index (χ2n) is 3.46. The maximum Gasteiger partial charge on any atom is 0.306 e. The number of rotatable bonds is 4. The maximum absolute atomic E-state index is 11.1. The van der Waals surface area contributed by atoms with Gasteiger partial charge < -0.3 is 4.74 Å². The highest BCUT2D eigenvalue weighted by molar-refractivity contribution is 9.10. The number of ether oxygens (including phenoxy) is 1. The van der Waals surface area contributed by atoms with E-state index < -0.39 is 0 Å². The van der Waals surface area contributed by atoms with E-state index in [1.807, 2.05) is 19.1 Å². The third-order valence-electron chi connectivity index (χ3n) is 2.08. The zero-order valence-corrected chi connectivity index (χ0v) is 12.0. The predicted molar refractivity (Wildman–Crippen MR) is 70.8 cm³/mol.